The van der Waals surface area contributed by atoms with Gasteiger partial charge in [0.05, 0.1) is 0 Å². The zero-order valence-electron chi connectivity index (χ0n) is 26.2. The quantitative estimate of drug-likeness (QED) is 0.305. The number of benzene rings is 3. The van der Waals surface area contributed by atoms with Crippen LogP contribution in [0.15, 0.2) is 72.8 Å². The smallest absolute Gasteiger partial charge is 0.123 e. The van der Waals surface area contributed by atoms with Gasteiger partial charge in [-0.15, -0.1) is 0 Å². The Morgan fingerprint density at radius 3 is 2.25 bits per heavy atom. The average Bonchev–Trinajstić information content (AvgIpc) is 3.09. The summed E-state index contributed by atoms with van der Waals surface area (Å²) in [6, 6.07) is 27.1. The van der Waals surface area contributed by atoms with Crippen LogP contribution in [0.25, 0.3) is 0 Å². The minimum absolute atomic E-state index is 0.290. The van der Waals surface area contributed by atoms with Crippen molar-refractivity contribution in [3.8, 4) is 5.75 Å². The van der Waals surface area contributed by atoms with Crippen LogP contribution in [-0.4, -0.2) is 73.0 Å². The number of hydrogen-bond donors (Lipinski definition) is 1. The van der Waals surface area contributed by atoms with Crippen molar-refractivity contribution >= 4 is 12.0 Å². The highest BCUT2D eigenvalue weighted by Crippen LogP contribution is 2.47. The molecule has 2 unspecified atom stereocenters. The molecule has 7 rings (SSSR count). The summed E-state index contributed by atoms with van der Waals surface area (Å²) in [5, 5.41) is 10.2. The van der Waals surface area contributed by atoms with Crippen LogP contribution >= 0.6 is 0 Å². The van der Waals surface area contributed by atoms with Gasteiger partial charge < -0.3 is 19.7 Å². The highest BCUT2D eigenvalue weighted by atomic mass is 16.3. The summed E-state index contributed by atoms with van der Waals surface area (Å²) in [6.07, 6.45) is 10.7. The molecule has 2 heterocycles. The molecule has 0 aromatic heterocycles. The molecular weight excluding hydrogens is 542 g/mol. The van der Waals surface area contributed by atoms with Crippen molar-refractivity contribution in [2.45, 2.75) is 69.2 Å². The molecule has 5 nitrogen and oxygen atoms in total. The fourth-order valence-corrected chi connectivity index (χ4v) is 8.94. The van der Waals surface area contributed by atoms with Crippen molar-refractivity contribution in [1.82, 2.24) is 9.80 Å². The molecule has 0 amide bonds. The number of carbonyl (C=O) groups excluding carboxylic acids is 1. The number of nitrogens with zero attached hydrogens (tertiary/aromatic N) is 3. The Bertz CT molecular complexity index is 1380. The summed E-state index contributed by atoms with van der Waals surface area (Å²) in [4.78, 5) is 19.5. The predicted octanol–water partition coefficient (Wildman–Crippen LogP) is 6.85. The highest BCUT2D eigenvalue weighted by Gasteiger charge is 2.33. The molecule has 232 valence electrons. The van der Waals surface area contributed by atoms with E-state index in [0.717, 1.165) is 52.0 Å². The number of phenolic OH excluding ortho intramolecular Hbond substituents is 1. The molecule has 0 radical (unpaired) electrons. The maximum absolute atomic E-state index is 11.6. The summed E-state index contributed by atoms with van der Waals surface area (Å²) in [6.45, 7) is 7.99. The van der Waals surface area contributed by atoms with Crippen LogP contribution in [0, 0.1) is 11.8 Å². The molecule has 3 aromatic rings. The van der Waals surface area contributed by atoms with E-state index in [0.29, 0.717) is 35.5 Å². The van der Waals surface area contributed by atoms with E-state index in [1.807, 2.05) is 12.1 Å². The van der Waals surface area contributed by atoms with Gasteiger partial charge in [-0.1, -0.05) is 61.4 Å². The third-order valence-electron chi connectivity index (χ3n) is 11.5. The van der Waals surface area contributed by atoms with E-state index in [-0.39, 0.29) is 0 Å². The van der Waals surface area contributed by atoms with Crippen LogP contribution in [-0.2, 0) is 11.2 Å². The van der Waals surface area contributed by atoms with Crippen molar-refractivity contribution in [3.05, 3.63) is 95.1 Å². The SMILES string of the molecule is O=C[C@H]1CCCC[C@@H]1CN1CCN(C2CCN(c3ccc(C4c5ccc(O)cc5CCC4c4ccccc4)cc3)CC2)CC1. The van der Waals surface area contributed by atoms with E-state index >= 15 is 0 Å². The summed E-state index contributed by atoms with van der Waals surface area (Å²) in [5.41, 5.74) is 6.76. The second-order valence-corrected chi connectivity index (χ2v) is 13.9. The number of phenols is 1. The van der Waals surface area contributed by atoms with Gasteiger partial charge in [0.15, 0.2) is 0 Å². The molecule has 4 atom stereocenters. The largest absolute Gasteiger partial charge is 0.508 e. The first-order chi connectivity index (χ1) is 21.7. The van der Waals surface area contributed by atoms with Crippen molar-refractivity contribution in [3.63, 3.8) is 0 Å². The number of aryl methyl sites for hydroxylation is 1. The molecular formula is C39H49N3O2. The number of piperidine rings is 1. The molecule has 5 heteroatoms. The summed E-state index contributed by atoms with van der Waals surface area (Å²) >= 11 is 0. The second-order valence-electron chi connectivity index (χ2n) is 13.9. The molecule has 2 saturated heterocycles. The van der Waals surface area contributed by atoms with Gasteiger partial charge in [-0.3, -0.25) is 4.90 Å². The molecule has 1 saturated carbocycles. The van der Waals surface area contributed by atoms with Gasteiger partial charge >= 0.3 is 0 Å². The standard InChI is InChI=1S/C39H49N3O2/c43-28-33-9-5-4-8-32(33)27-40-22-24-42(25-23-40)35-18-20-41(21-19-35)34-13-10-30(11-14-34)39-37(29-6-2-1-3-7-29)16-12-31-26-36(44)15-17-38(31)39/h1-3,6-7,10-11,13-15,17,26,28,32-33,35,37,39,44H,4-5,8-9,12,16,18-25,27H2/t32-,33-,37?,39?/m1/s1. The highest BCUT2D eigenvalue weighted by molar-refractivity contribution is 5.54. The Morgan fingerprint density at radius 1 is 0.750 bits per heavy atom. The van der Waals surface area contributed by atoms with Crippen molar-refractivity contribution in [1.29, 1.82) is 0 Å². The van der Waals surface area contributed by atoms with Crippen molar-refractivity contribution < 1.29 is 9.90 Å². The number of piperazine rings is 1. The van der Waals surface area contributed by atoms with Gasteiger partial charge in [0.25, 0.3) is 0 Å². The number of hydrogen-bond acceptors (Lipinski definition) is 5. The normalized spacial score (nSPS) is 27.1. The Morgan fingerprint density at radius 2 is 1.50 bits per heavy atom. The monoisotopic (exact) mass is 591 g/mol. The fourth-order valence-electron chi connectivity index (χ4n) is 8.94. The summed E-state index contributed by atoms with van der Waals surface area (Å²) in [7, 11) is 0. The van der Waals surface area contributed by atoms with Gasteiger partial charge in [-0.2, -0.15) is 0 Å². The first-order valence-corrected chi connectivity index (χ1v) is 17.3. The maximum Gasteiger partial charge on any atom is 0.123 e. The Balaban J connectivity index is 0.966. The first-order valence-electron chi connectivity index (χ1n) is 17.3. The van der Waals surface area contributed by atoms with E-state index in [2.05, 4.69) is 75.4 Å². The molecule has 0 bridgehead atoms. The first kappa shape index (κ1) is 29.6. The molecule has 1 N–H and O–H groups in total. The second kappa shape index (κ2) is 13.5. The lowest BCUT2D eigenvalue weighted by Gasteiger charge is -2.44. The van der Waals surface area contributed by atoms with Gasteiger partial charge in [-0.05, 0) is 96.9 Å². The fraction of sp³-hybridized carbons (Fsp3) is 0.513. The summed E-state index contributed by atoms with van der Waals surface area (Å²) < 4.78 is 0. The number of aromatic hydroxyl groups is 1. The zero-order chi connectivity index (χ0) is 29.9. The van der Waals surface area contributed by atoms with Crippen LogP contribution in [0.1, 0.15) is 79.0 Å². The molecule has 2 aliphatic heterocycles. The van der Waals surface area contributed by atoms with Gasteiger partial charge in [0.2, 0.25) is 0 Å². The van der Waals surface area contributed by atoms with E-state index in [1.54, 1.807) is 0 Å². The van der Waals surface area contributed by atoms with Crippen LogP contribution in [0.5, 0.6) is 5.75 Å². The van der Waals surface area contributed by atoms with Crippen LogP contribution in [0.2, 0.25) is 0 Å². The lowest BCUT2D eigenvalue weighted by Crippen LogP contribution is -2.54. The van der Waals surface area contributed by atoms with Gasteiger partial charge in [0.1, 0.15) is 12.0 Å². The topological polar surface area (TPSA) is 47.0 Å². The Hall–Kier alpha value is -3.15. The minimum Gasteiger partial charge on any atom is -0.508 e. The predicted molar refractivity (Wildman–Crippen MR) is 179 cm³/mol. The lowest BCUT2D eigenvalue weighted by atomic mass is 9.69. The average molecular weight is 592 g/mol. The summed E-state index contributed by atoms with van der Waals surface area (Å²) in [5.74, 6) is 1.96. The molecule has 4 aliphatic rings. The number of anilines is 1. The number of aldehydes is 1. The molecule has 2 aliphatic carbocycles. The van der Waals surface area contributed by atoms with Crippen LogP contribution < -0.4 is 4.90 Å². The Kier molecular flexibility index (Phi) is 9.04. The molecule has 0 spiro atoms. The molecule has 3 aromatic carbocycles. The van der Waals surface area contributed by atoms with Crippen LogP contribution in [0.4, 0.5) is 5.69 Å². The zero-order valence-corrected chi connectivity index (χ0v) is 26.2. The van der Waals surface area contributed by atoms with Gasteiger partial charge in [-0.25, -0.2) is 0 Å². The van der Waals surface area contributed by atoms with Crippen molar-refractivity contribution in [2.24, 2.45) is 11.8 Å². The van der Waals surface area contributed by atoms with Crippen LogP contribution in [0.3, 0.4) is 0 Å². The van der Waals surface area contributed by atoms with E-state index in [9.17, 15) is 9.90 Å². The Labute approximate surface area is 263 Å². The number of rotatable bonds is 7. The lowest BCUT2D eigenvalue weighted by molar-refractivity contribution is -0.113. The number of carbonyl (C=O) groups is 1. The van der Waals surface area contributed by atoms with Gasteiger partial charge in [0, 0.05) is 69.4 Å². The molecule has 3 fully saturated rings. The minimum atomic E-state index is 0.290. The third kappa shape index (κ3) is 6.32. The third-order valence-corrected chi connectivity index (χ3v) is 11.5. The number of fused-ring (bicyclic) bond motifs is 1. The van der Waals surface area contributed by atoms with E-state index in [1.165, 1.54) is 79.4 Å². The molecule has 44 heavy (non-hydrogen) atoms. The van der Waals surface area contributed by atoms with E-state index < -0.39 is 0 Å². The maximum atomic E-state index is 11.6. The van der Waals surface area contributed by atoms with Crippen molar-refractivity contribution in [2.75, 3.05) is 50.7 Å². The van der Waals surface area contributed by atoms with E-state index in [4.69, 9.17) is 0 Å².